The first-order valence-electron chi connectivity index (χ1n) is 11.5. The Morgan fingerprint density at radius 2 is 1.86 bits per heavy atom. The molecule has 0 saturated carbocycles. The van der Waals surface area contributed by atoms with E-state index in [0.29, 0.717) is 47.2 Å². The molecule has 35 heavy (non-hydrogen) atoms. The summed E-state index contributed by atoms with van der Waals surface area (Å²) >= 11 is 0. The molecule has 0 fully saturated rings. The van der Waals surface area contributed by atoms with E-state index in [1.54, 1.807) is 30.0 Å². The van der Waals surface area contributed by atoms with E-state index in [-0.39, 0.29) is 11.4 Å². The molecule has 0 aliphatic rings. The first-order valence-corrected chi connectivity index (χ1v) is 11.5. The predicted molar refractivity (Wildman–Crippen MR) is 133 cm³/mol. The SMILES string of the molecule is CCCCOc1ccc(C(=O)O)cc1-c1cc(-c2cccc(F)c2)n(Cc2ccccc2OC)n1. The molecule has 0 aliphatic heterocycles. The van der Waals surface area contributed by atoms with Crippen molar-refractivity contribution < 1.29 is 23.8 Å². The van der Waals surface area contributed by atoms with Crippen molar-refractivity contribution in [1.82, 2.24) is 9.78 Å². The smallest absolute Gasteiger partial charge is 0.335 e. The number of aromatic carboxylic acids is 1. The number of rotatable bonds is 10. The third-order valence-corrected chi connectivity index (χ3v) is 5.67. The van der Waals surface area contributed by atoms with Crippen molar-refractivity contribution in [2.24, 2.45) is 0 Å². The molecule has 0 bridgehead atoms. The van der Waals surface area contributed by atoms with Gasteiger partial charge in [0.2, 0.25) is 0 Å². The van der Waals surface area contributed by atoms with E-state index in [1.807, 2.05) is 36.4 Å². The van der Waals surface area contributed by atoms with Gasteiger partial charge in [0.1, 0.15) is 17.3 Å². The Labute approximate surface area is 203 Å². The zero-order valence-corrected chi connectivity index (χ0v) is 19.7. The Morgan fingerprint density at radius 1 is 1.03 bits per heavy atom. The van der Waals surface area contributed by atoms with Gasteiger partial charge in [-0.3, -0.25) is 4.68 Å². The van der Waals surface area contributed by atoms with E-state index in [0.717, 1.165) is 18.4 Å². The molecule has 4 rings (SSSR count). The van der Waals surface area contributed by atoms with Crippen LogP contribution in [-0.2, 0) is 6.54 Å². The van der Waals surface area contributed by atoms with Gasteiger partial charge in [-0.05, 0) is 48.9 Å². The molecule has 0 spiro atoms. The second-order valence-corrected chi connectivity index (χ2v) is 8.11. The number of carboxylic acids is 1. The molecule has 1 heterocycles. The number of ether oxygens (including phenoxy) is 2. The number of unbranched alkanes of at least 4 members (excludes halogenated alkanes) is 1. The number of aromatic nitrogens is 2. The van der Waals surface area contributed by atoms with Gasteiger partial charge in [-0.15, -0.1) is 0 Å². The van der Waals surface area contributed by atoms with Crippen molar-refractivity contribution in [2.45, 2.75) is 26.3 Å². The van der Waals surface area contributed by atoms with Crippen LogP contribution in [0.5, 0.6) is 11.5 Å². The first-order chi connectivity index (χ1) is 17.0. The van der Waals surface area contributed by atoms with E-state index in [4.69, 9.17) is 14.6 Å². The van der Waals surface area contributed by atoms with Crippen LogP contribution in [0.1, 0.15) is 35.7 Å². The summed E-state index contributed by atoms with van der Waals surface area (Å²) in [5.74, 6) is -0.127. The molecule has 3 aromatic carbocycles. The topological polar surface area (TPSA) is 73.6 Å². The number of hydrogen-bond acceptors (Lipinski definition) is 4. The molecule has 1 N–H and O–H groups in total. The number of benzene rings is 3. The molecule has 0 aliphatic carbocycles. The summed E-state index contributed by atoms with van der Waals surface area (Å²) in [6.07, 6.45) is 1.84. The molecule has 1 aromatic heterocycles. The van der Waals surface area contributed by atoms with Gasteiger partial charge in [-0.1, -0.05) is 43.7 Å². The summed E-state index contributed by atoms with van der Waals surface area (Å²) in [4.78, 5) is 11.7. The third kappa shape index (κ3) is 5.51. The number of para-hydroxylation sites is 1. The molecule has 180 valence electrons. The highest BCUT2D eigenvalue weighted by atomic mass is 19.1. The lowest BCUT2D eigenvalue weighted by molar-refractivity contribution is 0.0697. The minimum absolute atomic E-state index is 0.134. The van der Waals surface area contributed by atoms with Crippen LogP contribution < -0.4 is 9.47 Å². The highest BCUT2D eigenvalue weighted by molar-refractivity contribution is 5.90. The standard InChI is InChI=1S/C28H27FN2O4/c1-3-4-14-35-27-13-12-20(28(32)33)16-23(27)24-17-25(19-9-7-10-22(29)15-19)31(30-24)18-21-8-5-6-11-26(21)34-2/h5-13,15-17H,3-4,14,18H2,1-2H3,(H,32,33). The minimum Gasteiger partial charge on any atom is -0.496 e. The Kier molecular flexibility index (Phi) is 7.45. The fourth-order valence-electron chi connectivity index (χ4n) is 3.86. The summed E-state index contributed by atoms with van der Waals surface area (Å²) in [6, 6.07) is 20.5. The summed E-state index contributed by atoms with van der Waals surface area (Å²) in [6.45, 7) is 2.96. The maximum absolute atomic E-state index is 14.1. The monoisotopic (exact) mass is 474 g/mol. The predicted octanol–water partition coefficient (Wildman–Crippen LogP) is 6.29. The van der Waals surface area contributed by atoms with Gasteiger partial charge < -0.3 is 14.6 Å². The van der Waals surface area contributed by atoms with Crippen molar-refractivity contribution in [3.05, 3.63) is 89.7 Å². The second kappa shape index (κ2) is 10.9. The second-order valence-electron chi connectivity index (χ2n) is 8.11. The van der Waals surface area contributed by atoms with Crippen LogP contribution in [-0.4, -0.2) is 34.6 Å². The maximum atomic E-state index is 14.1. The maximum Gasteiger partial charge on any atom is 0.335 e. The normalized spacial score (nSPS) is 10.8. The van der Waals surface area contributed by atoms with Crippen LogP contribution in [0.2, 0.25) is 0 Å². The Balaban J connectivity index is 1.85. The third-order valence-electron chi connectivity index (χ3n) is 5.67. The van der Waals surface area contributed by atoms with Crippen LogP contribution in [0.15, 0.2) is 72.8 Å². The van der Waals surface area contributed by atoms with Gasteiger partial charge in [-0.2, -0.15) is 5.10 Å². The minimum atomic E-state index is -1.04. The van der Waals surface area contributed by atoms with E-state index in [2.05, 4.69) is 6.92 Å². The highest BCUT2D eigenvalue weighted by Crippen LogP contribution is 2.34. The van der Waals surface area contributed by atoms with Gasteiger partial charge in [0.15, 0.2) is 0 Å². The number of carboxylic acid groups (broad SMARTS) is 1. The van der Waals surface area contributed by atoms with Crippen molar-refractivity contribution >= 4 is 5.97 Å². The van der Waals surface area contributed by atoms with E-state index in [9.17, 15) is 14.3 Å². The van der Waals surface area contributed by atoms with E-state index >= 15 is 0 Å². The van der Waals surface area contributed by atoms with Gasteiger partial charge in [0, 0.05) is 16.7 Å². The fourth-order valence-corrected chi connectivity index (χ4v) is 3.86. The highest BCUT2D eigenvalue weighted by Gasteiger charge is 2.18. The summed E-state index contributed by atoms with van der Waals surface area (Å²) < 4.78 is 27.3. The molecule has 4 aromatic rings. The number of halogens is 1. The average Bonchev–Trinajstić information content (AvgIpc) is 3.28. The molecule has 0 saturated heterocycles. The quantitative estimate of drug-likeness (QED) is 0.274. The lowest BCUT2D eigenvalue weighted by Crippen LogP contribution is -2.06. The Hall–Kier alpha value is -4.13. The zero-order chi connectivity index (χ0) is 24.8. The zero-order valence-electron chi connectivity index (χ0n) is 19.7. The van der Waals surface area contributed by atoms with Gasteiger partial charge >= 0.3 is 5.97 Å². The van der Waals surface area contributed by atoms with Crippen molar-refractivity contribution in [3.63, 3.8) is 0 Å². The molecular weight excluding hydrogens is 447 g/mol. The lowest BCUT2D eigenvalue weighted by atomic mass is 10.0. The van der Waals surface area contributed by atoms with Gasteiger partial charge in [0.05, 0.1) is 37.2 Å². The number of hydrogen-bond donors (Lipinski definition) is 1. The largest absolute Gasteiger partial charge is 0.496 e. The Bertz CT molecular complexity index is 1330. The molecule has 0 unspecified atom stereocenters. The fraction of sp³-hybridized carbons (Fsp3) is 0.214. The molecular formula is C28H27FN2O4. The van der Waals surface area contributed by atoms with E-state index in [1.165, 1.54) is 18.2 Å². The number of nitrogens with zero attached hydrogens (tertiary/aromatic N) is 2. The van der Waals surface area contributed by atoms with Crippen LogP contribution in [0.25, 0.3) is 22.5 Å². The Morgan fingerprint density at radius 3 is 2.60 bits per heavy atom. The molecule has 0 amide bonds. The molecule has 7 heteroatoms. The summed E-state index contributed by atoms with van der Waals surface area (Å²) in [5.41, 5.74) is 3.48. The van der Waals surface area contributed by atoms with Crippen LogP contribution in [0, 0.1) is 5.82 Å². The van der Waals surface area contributed by atoms with Crippen molar-refractivity contribution in [1.29, 1.82) is 0 Å². The summed E-state index contributed by atoms with van der Waals surface area (Å²) in [5, 5.41) is 14.4. The molecule has 0 atom stereocenters. The average molecular weight is 475 g/mol. The van der Waals surface area contributed by atoms with Crippen molar-refractivity contribution in [2.75, 3.05) is 13.7 Å². The number of methoxy groups -OCH3 is 1. The summed E-state index contributed by atoms with van der Waals surface area (Å²) in [7, 11) is 1.61. The lowest BCUT2D eigenvalue weighted by Gasteiger charge is -2.12. The van der Waals surface area contributed by atoms with Crippen LogP contribution in [0.4, 0.5) is 4.39 Å². The van der Waals surface area contributed by atoms with Crippen molar-refractivity contribution in [3.8, 4) is 34.0 Å². The van der Waals surface area contributed by atoms with E-state index < -0.39 is 5.97 Å². The molecule has 6 nitrogen and oxygen atoms in total. The van der Waals surface area contributed by atoms with Crippen LogP contribution >= 0.6 is 0 Å². The van der Waals surface area contributed by atoms with Gasteiger partial charge in [0.25, 0.3) is 0 Å². The first kappa shape index (κ1) is 24.0. The van der Waals surface area contributed by atoms with Crippen LogP contribution in [0.3, 0.4) is 0 Å². The van der Waals surface area contributed by atoms with Gasteiger partial charge in [-0.25, -0.2) is 9.18 Å². The molecule has 0 radical (unpaired) electrons. The number of carbonyl (C=O) groups is 1.